The van der Waals surface area contributed by atoms with E-state index in [0.717, 1.165) is 77.0 Å². The lowest BCUT2D eigenvalue weighted by atomic mass is 10.1. The van der Waals surface area contributed by atoms with Gasteiger partial charge in [-0.05, 0) is 97.6 Å². The third kappa shape index (κ3) is 42.4. The minimum Gasteiger partial charge on any atom is -0.462 e. The van der Waals surface area contributed by atoms with E-state index in [1.54, 1.807) is 4.90 Å². The molecule has 0 aliphatic rings. The van der Waals surface area contributed by atoms with E-state index in [-0.39, 0.29) is 26.1 Å². The number of carbonyl (C=O) groups is 2. The van der Waals surface area contributed by atoms with Gasteiger partial charge in [-0.15, -0.1) is 0 Å². The van der Waals surface area contributed by atoms with Crippen molar-refractivity contribution in [2.45, 2.75) is 148 Å². The van der Waals surface area contributed by atoms with E-state index in [0.29, 0.717) is 19.4 Å². The van der Waals surface area contributed by atoms with Crippen LogP contribution in [-0.2, 0) is 32.7 Å². The van der Waals surface area contributed by atoms with Crippen LogP contribution >= 0.6 is 7.82 Å². The Morgan fingerprint density at radius 3 is 1.56 bits per heavy atom. The lowest BCUT2D eigenvalue weighted by Crippen LogP contribution is -2.29. The fourth-order valence-corrected chi connectivity index (χ4v) is 5.84. The summed E-state index contributed by atoms with van der Waals surface area (Å²) in [4.78, 5) is 37.0. The molecule has 0 heterocycles. The van der Waals surface area contributed by atoms with Gasteiger partial charge in [-0.1, -0.05) is 143 Å². The van der Waals surface area contributed by atoms with Gasteiger partial charge in [0.05, 0.1) is 13.2 Å². The highest BCUT2D eigenvalue weighted by Crippen LogP contribution is 2.43. The molecule has 0 saturated carbocycles. The molecule has 0 aromatic rings. The average molecular weight is 816 g/mol. The molecule has 2 unspecified atom stereocenters. The van der Waals surface area contributed by atoms with Crippen LogP contribution in [0.5, 0.6) is 0 Å². The third-order valence-electron chi connectivity index (χ3n) is 8.39. The van der Waals surface area contributed by atoms with Gasteiger partial charge in [0.25, 0.3) is 0 Å². The Morgan fingerprint density at radius 2 is 1.04 bits per heavy atom. The SMILES string of the molecule is CC/C=C\C/C=C\C/C=C\CCCCCCCC(=O)OC(COC(=O)CC/C=C\C/C=C\C/C=C\C/C=C\C/C=C\CCCCC)COP(=O)(O)OCCN(C)C. The van der Waals surface area contributed by atoms with Crippen LogP contribution in [0.15, 0.2) is 97.2 Å². The highest BCUT2D eigenvalue weighted by molar-refractivity contribution is 7.47. The zero-order valence-corrected chi connectivity index (χ0v) is 36.9. The lowest BCUT2D eigenvalue weighted by molar-refractivity contribution is -0.161. The van der Waals surface area contributed by atoms with Crippen LogP contribution in [0.2, 0.25) is 0 Å². The van der Waals surface area contributed by atoms with Gasteiger partial charge in [-0.2, -0.15) is 0 Å². The first kappa shape index (κ1) is 53.9. The molecule has 324 valence electrons. The Kier molecular flexibility index (Phi) is 38.9. The highest BCUT2D eigenvalue weighted by Gasteiger charge is 2.26. The van der Waals surface area contributed by atoms with E-state index in [2.05, 4.69) is 98.9 Å². The molecular weight excluding hydrogens is 737 g/mol. The molecule has 1 N–H and O–H groups in total. The van der Waals surface area contributed by atoms with Crippen molar-refractivity contribution in [2.24, 2.45) is 0 Å². The zero-order chi connectivity index (χ0) is 41.9. The van der Waals surface area contributed by atoms with E-state index in [4.69, 9.17) is 18.5 Å². The average Bonchev–Trinajstić information content (AvgIpc) is 3.18. The van der Waals surface area contributed by atoms with Crippen LogP contribution < -0.4 is 0 Å². The van der Waals surface area contributed by atoms with E-state index in [1.807, 2.05) is 26.2 Å². The summed E-state index contributed by atoms with van der Waals surface area (Å²) in [7, 11) is -0.766. The summed E-state index contributed by atoms with van der Waals surface area (Å²) < 4.78 is 33.3. The number of phosphoric ester groups is 1. The van der Waals surface area contributed by atoms with Crippen LogP contribution in [0.3, 0.4) is 0 Å². The smallest absolute Gasteiger partial charge is 0.462 e. The maximum Gasteiger partial charge on any atom is 0.472 e. The Morgan fingerprint density at radius 1 is 0.561 bits per heavy atom. The molecule has 0 radical (unpaired) electrons. The second-order valence-electron chi connectivity index (χ2n) is 14.1. The number of phosphoric acid groups is 1. The Labute approximate surface area is 347 Å². The van der Waals surface area contributed by atoms with Gasteiger partial charge >= 0.3 is 19.8 Å². The molecule has 0 fully saturated rings. The van der Waals surface area contributed by atoms with Gasteiger partial charge in [0, 0.05) is 19.4 Å². The minimum absolute atomic E-state index is 0.0129. The van der Waals surface area contributed by atoms with E-state index < -0.39 is 32.5 Å². The van der Waals surface area contributed by atoms with E-state index in [9.17, 15) is 19.0 Å². The second-order valence-corrected chi connectivity index (χ2v) is 15.6. The molecule has 0 rings (SSSR count). The third-order valence-corrected chi connectivity index (χ3v) is 9.37. The number of hydrogen-bond acceptors (Lipinski definition) is 8. The predicted molar refractivity (Wildman–Crippen MR) is 238 cm³/mol. The second kappa shape index (κ2) is 41.1. The van der Waals surface area contributed by atoms with Crippen LogP contribution in [0.1, 0.15) is 142 Å². The molecular formula is C47H78NO8P. The summed E-state index contributed by atoms with van der Waals surface area (Å²) in [6, 6.07) is 0. The minimum atomic E-state index is -4.39. The first-order valence-electron chi connectivity index (χ1n) is 21.5. The van der Waals surface area contributed by atoms with Crippen molar-refractivity contribution < 1.29 is 37.6 Å². The monoisotopic (exact) mass is 816 g/mol. The summed E-state index contributed by atoms with van der Waals surface area (Å²) in [5.74, 6) is -0.930. The molecule has 0 aliphatic heterocycles. The van der Waals surface area contributed by atoms with Crippen LogP contribution in [0, 0.1) is 0 Å². The van der Waals surface area contributed by atoms with Crippen LogP contribution in [0.4, 0.5) is 0 Å². The summed E-state index contributed by atoms with van der Waals surface area (Å²) in [6.45, 7) is 4.05. The maximum atomic E-state index is 12.6. The highest BCUT2D eigenvalue weighted by atomic mass is 31.2. The fourth-order valence-electron chi connectivity index (χ4n) is 5.09. The zero-order valence-electron chi connectivity index (χ0n) is 36.0. The van der Waals surface area contributed by atoms with Gasteiger partial charge in [0.15, 0.2) is 6.10 Å². The number of allylic oxidation sites excluding steroid dienone is 16. The van der Waals surface area contributed by atoms with Gasteiger partial charge in [0.1, 0.15) is 6.61 Å². The molecule has 0 aromatic heterocycles. The molecule has 57 heavy (non-hydrogen) atoms. The van der Waals surface area contributed by atoms with E-state index >= 15 is 0 Å². The van der Waals surface area contributed by atoms with Crippen molar-refractivity contribution in [3.63, 3.8) is 0 Å². The maximum absolute atomic E-state index is 12.6. The number of hydrogen-bond donors (Lipinski definition) is 1. The number of nitrogens with zero attached hydrogens (tertiary/aromatic N) is 1. The standard InChI is InChI=1S/C47H78NO8P/c1-5-7-9-11-13-15-17-19-21-22-23-24-26-27-29-31-33-35-37-39-46(49)53-43-45(44-55-57(51,52)54-42-41-48(3)4)56-47(50)40-38-36-34-32-30-28-25-20-18-16-14-12-10-8-6-2/h8,10,13-16,19-21,23-25,27,29,33,35,45H,5-7,9,11-12,17-18,22,26,28,30-32,34,36-44H2,1-4H3,(H,51,52)/b10-8-,15-13-,16-14-,21-19-,24-23-,25-20-,29-27-,35-33-. The summed E-state index contributed by atoms with van der Waals surface area (Å²) >= 11 is 0. The van der Waals surface area contributed by atoms with Crippen molar-refractivity contribution in [2.75, 3.05) is 40.5 Å². The molecule has 10 heteroatoms. The number of ether oxygens (including phenoxy) is 2. The van der Waals surface area contributed by atoms with Crippen molar-refractivity contribution in [3.05, 3.63) is 97.2 Å². The largest absolute Gasteiger partial charge is 0.472 e. The number of unbranched alkanes of at least 4 members (excludes halogenated alkanes) is 8. The van der Waals surface area contributed by atoms with Gasteiger partial charge in [0.2, 0.25) is 0 Å². The van der Waals surface area contributed by atoms with Crippen molar-refractivity contribution in [1.29, 1.82) is 0 Å². The molecule has 0 aliphatic carbocycles. The van der Waals surface area contributed by atoms with Crippen LogP contribution in [0.25, 0.3) is 0 Å². The molecule has 2 atom stereocenters. The molecule has 0 aromatic carbocycles. The molecule has 0 bridgehead atoms. The normalized spacial score (nSPS) is 14.4. The van der Waals surface area contributed by atoms with Crippen molar-refractivity contribution >= 4 is 19.8 Å². The Hall–Kier alpha value is -3.07. The van der Waals surface area contributed by atoms with Crippen molar-refractivity contribution in [3.8, 4) is 0 Å². The molecule has 0 spiro atoms. The number of carbonyl (C=O) groups excluding carboxylic acids is 2. The van der Waals surface area contributed by atoms with Crippen molar-refractivity contribution in [1.82, 2.24) is 4.90 Å². The number of esters is 2. The lowest BCUT2D eigenvalue weighted by Gasteiger charge is -2.20. The van der Waals surface area contributed by atoms with E-state index in [1.165, 1.54) is 25.7 Å². The number of rotatable bonds is 38. The summed E-state index contributed by atoms with van der Waals surface area (Å²) in [5, 5.41) is 0. The molecule has 9 nitrogen and oxygen atoms in total. The Bertz CT molecular complexity index is 1260. The van der Waals surface area contributed by atoms with Crippen LogP contribution in [-0.4, -0.2) is 68.3 Å². The topological polar surface area (TPSA) is 112 Å². The number of likely N-dealkylation sites (N-methyl/N-ethyl adjacent to an activating group) is 1. The summed E-state index contributed by atoms with van der Waals surface area (Å²) in [6.07, 6.45) is 51.8. The van der Waals surface area contributed by atoms with Gasteiger partial charge in [-0.3, -0.25) is 18.6 Å². The molecule has 0 saturated heterocycles. The first-order valence-corrected chi connectivity index (χ1v) is 23.0. The Balaban J connectivity index is 4.47. The quantitative estimate of drug-likeness (QED) is 0.0282. The van der Waals surface area contributed by atoms with Gasteiger partial charge < -0.3 is 19.3 Å². The first-order chi connectivity index (χ1) is 27.7. The van der Waals surface area contributed by atoms with Gasteiger partial charge in [-0.25, -0.2) is 4.57 Å². The fraction of sp³-hybridized carbons (Fsp3) is 0.617. The summed E-state index contributed by atoms with van der Waals surface area (Å²) in [5.41, 5.74) is 0. The molecule has 0 amide bonds. The predicted octanol–water partition coefficient (Wildman–Crippen LogP) is 12.4.